The number of nitrogens with one attached hydrogen (secondary N) is 1. The van der Waals surface area contributed by atoms with Gasteiger partial charge in [0.05, 0.1) is 5.56 Å². The van der Waals surface area contributed by atoms with E-state index in [1.54, 1.807) is 11.8 Å². The molecule has 1 heterocycles. The van der Waals surface area contributed by atoms with Crippen LogP contribution >= 0.6 is 11.8 Å². The predicted molar refractivity (Wildman–Crippen MR) is 65.3 cm³/mol. The van der Waals surface area contributed by atoms with Crippen molar-refractivity contribution in [3.05, 3.63) is 23.9 Å². The summed E-state index contributed by atoms with van der Waals surface area (Å²) in [6.45, 7) is 2.81. The third kappa shape index (κ3) is 4.85. The Hall–Kier alpha value is -0.910. The largest absolute Gasteiger partial charge is 0.417 e. The van der Waals surface area contributed by atoms with Gasteiger partial charge < -0.3 is 5.32 Å². The number of hydrogen-bond donors (Lipinski definition) is 1. The highest BCUT2D eigenvalue weighted by Crippen LogP contribution is 2.28. The summed E-state index contributed by atoms with van der Waals surface area (Å²) < 4.78 is 36.8. The smallest absolute Gasteiger partial charge is 0.370 e. The standard InChI is InChI=1S/C11H15F3N2S/c1-8(17-2)5-6-15-10-4-3-9(7-16-10)11(12,13)14/h3-4,7-8H,5-6H2,1-2H3,(H,15,16). The number of anilines is 1. The Bertz CT molecular complexity index is 338. The minimum Gasteiger partial charge on any atom is -0.370 e. The zero-order valence-corrected chi connectivity index (χ0v) is 10.5. The Kier molecular flexibility index (Phi) is 5.11. The highest BCUT2D eigenvalue weighted by atomic mass is 32.2. The second-order valence-electron chi connectivity index (χ2n) is 3.69. The SMILES string of the molecule is CSC(C)CCNc1ccc(C(F)(F)F)cn1. The molecule has 1 aromatic rings. The minimum atomic E-state index is -4.32. The summed E-state index contributed by atoms with van der Waals surface area (Å²) in [6, 6.07) is 2.39. The molecule has 1 atom stereocenters. The lowest BCUT2D eigenvalue weighted by Crippen LogP contribution is -2.10. The van der Waals surface area contributed by atoms with Gasteiger partial charge in [-0.3, -0.25) is 0 Å². The predicted octanol–water partition coefficient (Wildman–Crippen LogP) is 3.65. The van der Waals surface area contributed by atoms with Crippen molar-refractivity contribution in [2.24, 2.45) is 0 Å². The molecule has 17 heavy (non-hydrogen) atoms. The van der Waals surface area contributed by atoms with Gasteiger partial charge in [0.2, 0.25) is 0 Å². The Morgan fingerprint density at radius 1 is 1.41 bits per heavy atom. The number of thioether (sulfide) groups is 1. The van der Waals surface area contributed by atoms with Gasteiger partial charge >= 0.3 is 6.18 Å². The van der Waals surface area contributed by atoms with E-state index >= 15 is 0 Å². The first-order chi connectivity index (χ1) is 7.93. The minimum absolute atomic E-state index is 0.478. The molecule has 0 aliphatic heterocycles. The molecular weight excluding hydrogens is 249 g/mol. The molecule has 0 bridgehead atoms. The molecule has 0 aliphatic rings. The molecule has 6 heteroatoms. The zero-order chi connectivity index (χ0) is 12.9. The normalized spacial score (nSPS) is 13.5. The van der Waals surface area contributed by atoms with Crippen LogP contribution in [0.4, 0.5) is 19.0 Å². The van der Waals surface area contributed by atoms with Crippen LogP contribution in [0.5, 0.6) is 0 Å². The number of halogens is 3. The molecule has 0 aromatic carbocycles. The van der Waals surface area contributed by atoms with Crippen LogP contribution in [0, 0.1) is 0 Å². The Morgan fingerprint density at radius 2 is 2.12 bits per heavy atom. The van der Waals surface area contributed by atoms with Gasteiger partial charge in [0.15, 0.2) is 0 Å². The van der Waals surface area contributed by atoms with E-state index in [1.165, 1.54) is 6.07 Å². The van der Waals surface area contributed by atoms with Crippen molar-refractivity contribution >= 4 is 17.6 Å². The average Bonchev–Trinajstić information content (AvgIpc) is 2.28. The number of rotatable bonds is 5. The Labute approximate surface area is 103 Å². The maximum Gasteiger partial charge on any atom is 0.417 e. The Morgan fingerprint density at radius 3 is 2.59 bits per heavy atom. The summed E-state index contributed by atoms with van der Waals surface area (Å²) in [6.07, 6.45) is -0.496. The molecule has 0 radical (unpaired) electrons. The third-order valence-electron chi connectivity index (χ3n) is 2.35. The van der Waals surface area contributed by atoms with Crippen LogP contribution in [0.15, 0.2) is 18.3 Å². The summed E-state index contributed by atoms with van der Waals surface area (Å²) in [5.41, 5.74) is -0.722. The first-order valence-electron chi connectivity index (χ1n) is 5.23. The fourth-order valence-electron chi connectivity index (χ4n) is 1.19. The third-order valence-corrected chi connectivity index (χ3v) is 3.39. The van der Waals surface area contributed by atoms with Crippen LogP contribution in [-0.4, -0.2) is 23.0 Å². The maximum absolute atomic E-state index is 12.3. The summed E-state index contributed by atoms with van der Waals surface area (Å²) in [7, 11) is 0. The van der Waals surface area contributed by atoms with E-state index in [-0.39, 0.29) is 0 Å². The molecule has 1 N–H and O–H groups in total. The van der Waals surface area contributed by atoms with Gasteiger partial charge in [0.25, 0.3) is 0 Å². The number of nitrogens with zero attached hydrogens (tertiary/aromatic N) is 1. The fourth-order valence-corrected chi connectivity index (χ4v) is 1.54. The summed E-state index contributed by atoms with van der Waals surface area (Å²) >= 11 is 1.76. The fraction of sp³-hybridized carbons (Fsp3) is 0.545. The second-order valence-corrected chi connectivity index (χ2v) is 4.97. The molecule has 0 fully saturated rings. The van der Waals surface area contributed by atoms with Crippen LogP contribution in [-0.2, 0) is 6.18 Å². The highest BCUT2D eigenvalue weighted by molar-refractivity contribution is 7.99. The van der Waals surface area contributed by atoms with Crippen LogP contribution in [0.2, 0.25) is 0 Å². The lowest BCUT2D eigenvalue weighted by atomic mass is 10.2. The molecule has 1 unspecified atom stereocenters. The van der Waals surface area contributed by atoms with E-state index in [4.69, 9.17) is 0 Å². The van der Waals surface area contributed by atoms with Gasteiger partial charge in [-0.05, 0) is 24.8 Å². The molecule has 96 valence electrons. The number of hydrogen-bond acceptors (Lipinski definition) is 3. The molecule has 0 saturated heterocycles. The van der Waals surface area contributed by atoms with Crippen molar-refractivity contribution < 1.29 is 13.2 Å². The molecule has 0 spiro atoms. The summed E-state index contributed by atoms with van der Waals surface area (Å²) in [4.78, 5) is 3.73. The highest BCUT2D eigenvalue weighted by Gasteiger charge is 2.30. The zero-order valence-electron chi connectivity index (χ0n) is 9.71. The summed E-state index contributed by atoms with van der Waals surface area (Å²) in [5, 5.41) is 3.52. The van der Waals surface area contributed by atoms with Gasteiger partial charge in [0, 0.05) is 18.0 Å². The topological polar surface area (TPSA) is 24.9 Å². The monoisotopic (exact) mass is 264 g/mol. The van der Waals surface area contributed by atoms with E-state index in [1.807, 2.05) is 6.26 Å². The molecule has 2 nitrogen and oxygen atoms in total. The van der Waals surface area contributed by atoms with E-state index in [2.05, 4.69) is 17.2 Å². The van der Waals surface area contributed by atoms with Crippen molar-refractivity contribution in [2.45, 2.75) is 24.8 Å². The first-order valence-corrected chi connectivity index (χ1v) is 6.52. The van der Waals surface area contributed by atoms with Gasteiger partial charge in [0.1, 0.15) is 5.82 Å². The lowest BCUT2D eigenvalue weighted by molar-refractivity contribution is -0.137. The van der Waals surface area contributed by atoms with Gasteiger partial charge in [-0.25, -0.2) is 4.98 Å². The number of aromatic nitrogens is 1. The van der Waals surface area contributed by atoms with Crippen molar-refractivity contribution in [3.63, 3.8) is 0 Å². The maximum atomic E-state index is 12.3. The molecule has 0 aliphatic carbocycles. The van der Waals surface area contributed by atoms with Gasteiger partial charge in [-0.1, -0.05) is 6.92 Å². The number of alkyl halides is 3. The lowest BCUT2D eigenvalue weighted by Gasteiger charge is -2.10. The second kappa shape index (κ2) is 6.14. The molecule has 1 aromatic heterocycles. The Balaban J connectivity index is 2.46. The number of pyridine rings is 1. The van der Waals surface area contributed by atoms with Crippen molar-refractivity contribution in [1.29, 1.82) is 0 Å². The van der Waals surface area contributed by atoms with Gasteiger partial charge in [-0.15, -0.1) is 0 Å². The van der Waals surface area contributed by atoms with E-state index in [9.17, 15) is 13.2 Å². The van der Waals surface area contributed by atoms with Crippen LogP contribution in [0.1, 0.15) is 18.9 Å². The van der Waals surface area contributed by atoms with Crippen LogP contribution in [0.25, 0.3) is 0 Å². The molecular formula is C11H15F3N2S. The van der Waals surface area contributed by atoms with Gasteiger partial charge in [-0.2, -0.15) is 24.9 Å². The van der Waals surface area contributed by atoms with E-state index < -0.39 is 11.7 Å². The quantitative estimate of drug-likeness (QED) is 0.878. The van der Waals surface area contributed by atoms with Crippen molar-refractivity contribution in [1.82, 2.24) is 4.98 Å². The van der Waals surface area contributed by atoms with Crippen molar-refractivity contribution in [2.75, 3.05) is 18.1 Å². The van der Waals surface area contributed by atoms with Crippen LogP contribution < -0.4 is 5.32 Å². The van der Waals surface area contributed by atoms with E-state index in [0.717, 1.165) is 18.7 Å². The van der Waals surface area contributed by atoms with E-state index in [0.29, 0.717) is 17.6 Å². The average molecular weight is 264 g/mol. The summed E-state index contributed by atoms with van der Waals surface area (Å²) in [5.74, 6) is 0.478. The molecule has 0 saturated carbocycles. The molecule has 1 rings (SSSR count). The molecule has 0 amide bonds. The van der Waals surface area contributed by atoms with Crippen molar-refractivity contribution in [3.8, 4) is 0 Å². The van der Waals surface area contributed by atoms with Crippen LogP contribution in [0.3, 0.4) is 0 Å². The first kappa shape index (κ1) is 14.2.